The predicted molar refractivity (Wildman–Crippen MR) is 88.0 cm³/mol. The fourth-order valence-electron chi connectivity index (χ4n) is 2.28. The molecule has 0 aliphatic heterocycles. The largest absolute Gasteiger partial charge is 0.342 e. The summed E-state index contributed by atoms with van der Waals surface area (Å²) in [5.74, 6) is 0.501. The Bertz CT molecular complexity index is 819. The Labute approximate surface area is 133 Å². The van der Waals surface area contributed by atoms with Gasteiger partial charge in [-0.3, -0.25) is 9.48 Å². The number of hydrogen-bond acceptors (Lipinski definition) is 4. The normalized spacial score (nSPS) is 10.7. The van der Waals surface area contributed by atoms with Gasteiger partial charge in [0.15, 0.2) is 0 Å². The molecule has 3 rings (SSSR count). The molecular weight excluding hydrogens is 292 g/mol. The lowest BCUT2D eigenvalue weighted by molar-refractivity contribution is 0.102. The second kappa shape index (κ2) is 6.45. The molecule has 0 aliphatic carbocycles. The minimum Gasteiger partial charge on any atom is -0.342 e. The number of hydrogen-bond donors (Lipinski definition) is 3. The van der Waals surface area contributed by atoms with Gasteiger partial charge in [0.05, 0.1) is 24.0 Å². The van der Waals surface area contributed by atoms with E-state index in [1.807, 2.05) is 31.2 Å². The number of H-pyrrole nitrogens is 1. The molecule has 4 N–H and O–H groups in total. The van der Waals surface area contributed by atoms with Crippen molar-refractivity contribution < 1.29 is 4.79 Å². The van der Waals surface area contributed by atoms with Gasteiger partial charge in [0, 0.05) is 30.2 Å². The summed E-state index contributed by atoms with van der Waals surface area (Å²) in [5, 5.41) is 7.02. The Hall–Kier alpha value is -2.93. The minimum atomic E-state index is -0.219. The molecule has 0 saturated carbocycles. The number of benzene rings is 1. The van der Waals surface area contributed by atoms with E-state index in [4.69, 9.17) is 5.73 Å². The molecule has 3 aromatic rings. The molecule has 0 spiro atoms. The van der Waals surface area contributed by atoms with E-state index in [1.165, 1.54) is 6.20 Å². The monoisotopic (exact) mass is 310 g/mol. The summed E-state index contributed by atoms with van der Waals surface area (Å²) in [4.78, 5) is 19.9. The van der Waals surface area contributed by atoms with Crippen LogP contribution in [0.15, 0.2) is 42.9 Å². The topological polar surface area (TPSA) is 102 Å². The van der Waals surface area contributed by atoms with Crippen molar-refractivity contribution in [1.29, 1.82) is 0 Å². The summed E-state index contributed by atoms with van der Waals surface area (Å²) in [6, 6.07) is 7.52. The summed E-state index contributed by atoms with van der Waals surface area (Å²) in [6.07, 6.45) is 4.97. The van der Waals surface area contributed by atoms with Gasteiger partial charge in [-0.1, -0.05) is 12.1 Å². The van der Waals surface area contributed by atoms with Crippen LogP contribution in [0.3, 0.4) is 0 Å². The first-order valence-corrected chi connectivity index (χ1v) is 7.32. The molecule has 2 aromatic heterocycles. The molecule has 1 aromatic carbocycles. The SMILES string of the molecule is Cc1cnc(-c2ccccc2NC(=O)c2cnn(CCN)c2)[nH]1. The van der Waals surface area contributed by atoms with E-state index in [-0.39, 0.29) is 5.91 Å². The molecule has 0 atom stereocenters. The summed E-state index contributed by atoms with van der Waals surface area (Å²) < 4.78 is 1.65. The van der Waals surface area contributed by atoms with Crippen LogP contribution in [0.4, 0.5) is 5.69 Å². The van der Waals surface area contributed by atoms with Gasteiger partial charge in [-0.2, -0.15) is 5.10 Å². The van der Waals surface area contributed by atoms with Crippen LogP contribution in [-0.4, -0.2) is 32.2 Å². The van der Waals surface area contributed by atoms with Crippen LogP contribution in [0.1, 0.15) is 16.1 Å². The lowest BCUT2D eigenvalue weighted by atomic mass is 10.1. The zero-order valence-electron chi connectivity index (χ0n) is 12.8. The Morgan fingerprint density at radius 1 is 1.35 bits per heavy atom. The minimum absolute atomic E-state index is 0.219. The number of nitrogens with two attached hydrogens (primary N) is 1. The van der Waals surface area contributed by atoms with Gasteiger partial charge >= 0.3 is 0 Å². The fraction of sp³-hybridized carbons (Fsp3) is 0.188. The number of para-hydroxylation sites is 1. The Kier molecular flexibility index (Phi) is 4.20. The van der Waals surface area contributed by atoms with Crippen molar-refractivity contribution in [3.63, 3.8) is 0 Å². The molecule has 0 aliphatic rings. The third kappa shape index (κ3) is 3.29. The first-order valence-electron chi connectivity index (χ1n) is 7.32. The smallest absolute Gasteiger partial charge is 0.258 e. The van der Waals surface area contributed by atoms with Crippen LogP contribution in [-0.2, 0) is 6.54 Å². The van der Waals surface area contributed by atoms with Crippen molar-refractivity contribution in [2.75, 3.05) is 11.9 Å². The van der Waals surface area contributed by atoms with Gasteiger partial charge in [-0.15, -0.1) is 0 Å². The maximum atomic E-state index is 12.4. The molecule has 118 valence electrons. The van der Waals surface area contributed by atoms with E-state index < -0.39 is 0 Å². The standard InChI is InChI=1S/C16H18N6O/c1-11-8-18-15(20-11)13-4-2-3-5-14(13)21-16(23)12-9-19-22(10-12)7-6-17/h2-5,8-10H,6-7,17H2,1H3,(H,18,20)(H,21,23). The summed E-state index contributed by atoms with van der Waals surface area (Å²) >= 11 is 0. The van der Waals surface area contributed by atoms with Crippen molar-refractivity contribution in [3.8, 4) is 11.4 Å². The van der Waals surface area contributed by atoms with Gasteiger partial charge in [-0.25, -0.2) is 4.98 Å². The Balaban J connectivity index is 1.83. The lowest BCUT2D eigenvalue weighted by Crippen LogP contribution is -2.13. The number of nitrogens with zero attached hydrogens (tertiary/aromatic N) is 3. The van der Waals surface area contributed by atoms with Crippen LogP contribution in [0.5, 0.6) is 0 Å². The summed E-state index contributed by atoms with van der Waals surface area (Å²) in [7, 11) is 0. The van der Waals surface area contributed by atoms with E-state index in [2.05, 4.69) is 20.4 Å². The molecule has 0 bridgehead atoms. The average Bonchev–Trinajstić information content (AvgIpc) is 3.17. The molecule has 23 heavy (non-hydrogen) atoms. The molecule has 2 heterocycles. The third-order valence-electron chi connectivity index (χ3n) is 3.39. The number of carbonyl (C=O) groups is 1. The number of carbonyl (C=O) groups excluding carboxylic acids is 1. The maximum Gasteiger partial charge on any atom is 0.258 e. The number of nitrogens with one attached hydrogen (secondary N) is 2. The van der Waals surface area contributed by atoms with Gasteiger partial charge in [-0.05, 0) is 19.1 Å². The zero-order valence-corrected chi connectivity index (χ0v) is 12.8. The maximum absolute atomic E-state index is 12.4. The van der Waals surface area contributed by atoms with Crippen LogP contribution < -0.4 is 11.1 Å². The number of aromatic amines is 1. The van der Waals surface area contributed by atoms with Gasteiger partial charge in [0.25, 0.3) is 5.91 Å². The van der Waals surface area contributed by atoms with E-state index in [9.17, 15) is 4.79 Å². The quantitative estimate of drug-likeness (QED) is 0.668. The molecule has 0 radical (unpaired) electrons. The molecule has 7 heteroatoms. The number of aromatic nitrogens is 4. The first kappa shape index (κ1) is 15.0. The second-order valence-electron chi connectivity index (χ2n) is 5.20. The highest BCUT2D eigenvalue weighted by atomic mass is 16.1. The molecular formula is C16H18N6O. The van der Waals surface area contributed by atoms with Crippen molar-refractivity contribution >= 4 is 11.6 Å². The summed E-state index contributed by atoms with van der Waals surface area (Å²) in [5.41, 5.74) is 8.47. The van der Waals surface area contributed by atoms with E-state index in [0.717, 1.165) is 17.1 Å². The lowest BCUT2D eigenvalue weighted by Gasteiger charge is -2.08. The summed E-state index contributed by atoms with van der Waals surface area (Å²) in [6.45, 7) is 2.99. The Morgan fingerprint density at radius 3 is 2.91 bits per heavy atom. The van der Waals surface area contributed by atoms with Crippen LogP contribution in [0.2, 0.25) is 0 Å². The van der Waals surface area contributed by atoms with E-state index in [1.54, 1.807) is 17.1 Å². The third-order valence-corrected chi connectivity index (χ3v) is 3.39. The molecule has 1 amide bonds. The van der Waals surface area contributed by atoms with Crippen LogP contribution in [0.25, 0.3) is 11.4 Å². The number of anilines is 1. The number of aryl methyl sites for hydroxylation is 1. The van der Waals surface area contributed by atoms with Crippen LogP contribution >= 0.6 is 0 Å². The highest BCUT2D eigenvalue weighted by Crippen LogP contribution is 2.25. The second-order valence-corrected chi connectivity index (χ2v) is 5.20. The van der Waals surface area contributed by atoms with Gasteiger partial charge < -0.3 is 16.0 Å². The van der Waals surface area contributed by atoms with Crippen molar-refractivity contribution in [1.82, 2.24) is 19.7 Å². The highest BCUT2D eigenvalue weighted by molar-refractivity contribution is 6.05. The van der Waals surface area contributed by atoms with Crippen molar-refractivity contribution in [2.24, 2.45) is 5.73 Å². The predicted octanol–water partition coefficient (Wildman–Crippen LogP) is 1.79. The molecule has 0 saturated heterocycles. The number of amides is 1. The molecule has 7 nitrogen and oxygen atoms in total. The van der Waals surface area contributed by atoms with Crippen LogP contribution in [0, 0.1) is 6.92 Å². The zero-order chi connectivity index (χ0) is 16.2. The van der Waals surface area contributed by atoms with Crippen molar-refractivity contribution in [3.05, 3.63) is 54.1 Å². The first-order chi connectivity index (χ1) is 11.2. The van der Waals surface area contributed by atoms with E-state index >= 15 is 0 Å². The fourth-order valence-corrected chi connectivity index (χ4v) is 2.28. The highest BCUT2D eigenvalue weighted by Gasteiger charge is 2.13. The van der Waals surface area contributed by atoms with Crippen molar-refractivity contribution in [2.45, 2.75) is 13.5 Å². The molecule has 0 unspecified atom stereocenters. The van der Waals surface area contributed by atoms with Gasteiger partial charge in [0.1, 0.15) is 5.82 Å². The number of imidazole rings is 1. The van der Waals surface area contributed by atoms with E-state index in [0.29, 0.717) is 24.3 Å². The van der Waals surface area contributed by atoms with Gasteiger partial charge in [0.2, 0.25) is 0 Å². The number of rotatable bonds is 5. The average molecular weight is 310 g/mol. The molecule has 0 fully saturated rings. The Morgan fingerprint density at radius 2 is 2.17 bits per heavy atom.